The van der Waals surface area contributed by atoms with Gasteiger partial charge in [0.25, 0.3) is 0 Å². The van der Waals surface area contributed by atoms with E-state index in [0.29, 0.717) is 16.9 Å². The lowest BCUT2D eigenvalue weighted by atomic mass is 10.1. The molecule has 5 aromatic rings. The smallest absolute Gasteiger partial charge is 0.181 e. The Labute approximate surface area is 147 Å². The van der Waals surface area contributed by atoms with Gasteiger partial charge in [-0.05, 0) is 41.5 Å². The molecule has 0 amide bonds. The Bertz CT molecular complexity index is 1220. The quantitative estimate of drug-likeness (QED) is 0.540. The van der Waals surface area contributed by atoms with E-state index in [2.05, 4.69) is 30.5 Å². The van der Waals surface area contributed by atoms with E-state index in [1.165, 1.54) is 0 Å². The number of benzene rings is 2. The third-order valence-corrected chi connectivity index (χ3v) is 4.15. The van der Waals surface area contributed by atoms with E-state index < -0.39 is 0 Å². The predicted octanol–water partition coefficient (Wildman–Crippen LogP) is 3.17. The van der Waals surface area contributed by atoms with Crippen LogP contribution in [0.15, 0.2) is 59.5 Å². The Balaban J connectivity index is 1.65. The van der Waals surface area contributed by atoms with Gasteiger partial charge in [0.2, 0.25) is 0 Å². The van der Waals surface area contributed by atoms with Crippen LogP contribution in [-0.4, -0.2) is 35.0 Å². The summed E-state index contributed by atoms with van der Waals surface area (Å²) in [5.41, 5.74) is 4.11. The summed E-state index contributed by atoms with van der Waals surface area (Å²) in [4.78, 5) is 8.91. The first-order valence-corrected chi connectivity index (χ1v) is 8.04. The summed E-state index contributed by atoms with van der Waals surface area (Å²) in [5.74, 6) is 2.20. The van der Waals surface area contributed by atoms with Gasteiger partial charge in [-0.2, -0.15) is 5.10 Å². The zero-order chi connectivity index (χ0) is 17.5. The van der Waals surface area contributed by atoms with Crippen LogP contribution in [0.1, 0.15) is 5.82 Å². The fourth-order valence-corrected chi connectivity index (χ4v) is 2.96. The number of hydrogen-bond acceptors (Lipinski definition) is 6. The van der Waals surface area contributed by atoms with E-state index in [1.807, 2.05) is 60.2 Å². The van der Waals surface area contributed by atoms with E-state index in [4.69, 9.17) is 4.63 Å². The number of nitrogens with zero attached hydrogens (tertiary/aromatic N) is 6. The summed E-state index contributed by atoms with van der Waals surface area (Å²) in [7, 11) is 0. The zero-order valence-electron chi connectivity index (χ0n) is 13.8. The van der Waals surface area contributed by atoms with Crippen molar-refractivity contribution in [2.75, 3.05) is 0 Å². The lowest BCUT2D eigenvalue weighted by Gasteiger charge is -2.09. The molecule has 0 saturated carbocycles. The number of nitrogens with one attached hydrogen (secondary N) is 1. The highest BCUT2D eigenvalue weighted by Crippen LogP contribution is 2.28. The number of imidazole rings is 1. The minimum absolute atomic E-state index is 0.661. The summed E-state index contributed by atoms with van der Waals surface area (Å²) in [6.07, 6.45) is 3.66. The molecule has 0 fully saturated rings. The number of rotatable bonds is 3. The lowest BCUT2D eigenvalue weighted by molar-refractivity contribution is 0.315. The van der Waals surface area contributed by atoms with Crippen molar-refractivity contribution in [1.82, 2.24) is 35.0 Å². The topological polar surface area (TPSA) is 98.3 Å². The van der Waals surface area contributed by atoms with Gasteiger partial charge in [0.15, 0.2) is 5.82 Å². The number of hydrogen-bond donors (Lipinski definition) is 1. The fourth-order valence-electron chi connectivity index (χ4n) is 2.96. The molecule has 5 rings (SSSR count). The second kappa shape index (κ2) is 5.62. The second-order valence-electron chi connectivity index (χ2n) is 5.85. The summed E-state index contributed by atoms with van der Waals surface area (Å²) < 4.78 is 6.86. The molecule has 0 aliphatic heterocycles. The molecule has 1 N–H and O–H groups in total. The predicted molar refractivity (Wildman–Crippen MR) is 94.5 cm³/mol. The molecular weight excluding hydrogens is 330 g/mol. The third-order valence-electron chi connectivity index (χ3n) is 4.15. The van der Waals surface area contributed by atoms with Gasteiger partial charge >= 0.3 is 0 Å². The van der Waals surface area contributed by atoms with Crippen LogP contribution in [-0.2, 0) is 0 Å². The van der Waals surface area contributed by atoms with Crippen molar-refractivity contribution in [2.24, 2.45) is 0 Å². The molecule has 0 aliphatic rings. The highest BCUT2D eigenvalue weighted by atomic mass is 16.6. The van der Waals surface area contributed by atoms with Gasteiger partial charge in [0.1, 0.15) is 22.7 Å². The van der Waals surface area contributed by atoms with E-state index in [9.17, 15) is 0 Å². The minimum atomic E-state index is 0.661. The van der Waals surface area contributed by atoms with Gasteiger partial charge < -0.3 is 0 Å². The Morgan fingerprint density at radius 2 is 2.00 bits per heavy atom. The maximum absolute atomic E-state index is 4.87. The summed E-state index contributed by atoms with van der Waals surface area (Å²) in [6.45, 7) is 1.88. The molecule has 0 saturated heterocycles. The fraction of sp³-hybridized carbons (Fsp3) is 0.0556. The van der Waals surface area contributed by atoms with Crippen LogP contribution < -0.4 is 0 Å². The minimum Gasteiger partial charge on any atom is -0.300 e. The van der Waals surface area contributed by atoms with E-state index in [1.54, 1.807) is 6.20 Å². The van der Waals surface area contributed by atoms with Crippen molar-refractivity contribution < 1.29 is 4.63 Å². The first-order valence-electron chi connectivity index (χ1n) is 8.04. The first-order chi connectivity index (χ1) is 12.8. The number of H-pyrrole nitrogens is 1. The number of fused-ring (bicyclic) bond motifs is 1. The molecule has 2 aromatic carbocycles. The summed E-state index contributed by atoms with van der Waals surface area (Å²) in [5, 5.41) is 15.0. The Morgan fingerprint density at radius 1 is 1.08 bits per heavy atom. The van der Waals surface area contributed by atoms with Crippen molar-refractivity contribution in [3.8, 4) is 28.5 Å². The SMILES string of the molecule is Cc1nc(-c2cccc(-n3ccnc3-c3cccc4nonc34)c2)n[nH]1. The van der Waals surface area contributed by atoms with Crippen LogP contribution in [0.5, 0.6) is 0 Å². The zero-order valence-corrected chi connectivity index (χ0v) is 13.8. The molecule has 26 heavy (non-hydrogen) atoms. The molecule has 3 aromatic heterocycles. The van der Waals surface area contributed by atoms with E-state index >= 15 is 0 Å². The van der Waals surface area contributed by atoms with Gasteiger partial charge in [-0.3, -0.25) is 9.67 Å². The van der Waals surface area contributed by atoms with Crippen LogP contribution in [0.2, 0.25) is 0 Å². The van der Waals surface area contributed by atoms with E-state index in [-0.39, 0.29) is 0 Å². The Kier molecular flexibility index (Phi) is 3.14. The van der Waals surface area contributed by atoms with Crippen molar-refractivity contribution in [2.45, 2.75) is 6.92 Å². The molecule has 0 radical (unpaired) electrons. The van der Waals surface area contributed by atoms with Gasteiger partial charge in [-0.15, -0.1) is 0 Å². The molecule has 126 valence electrons. The average Bonchev–Trinajstić information content (AvgIpc) is 3.41. The molecule has 8 heteroatoms. The van der Waals surface area contributed by atoms with Crippen LogP contribution in [0.3, 0.4) is 0 Å². The third kappa shape index (κ3) is 2.27. The standard InChI is InChI=1S/C18H13N7O/c1-11-20-17(22-21-11)12-4-2-5-13(10-12)25-9-8-19-18(25)14-6-3-7-15-16(14)24-26-23-15/h2-10H,1H3,(H,20,21,22). The molecule has 3 heterocycles. The van der Waals surface area contributed by atoms with Crippen molar-refractivity contribution in [1.29, 1.82) is 0 Å². The maximum atomic E-state index is 4.87. The summed E-state index contributed by atoms with van der Waals surface area (Å²) >= 11 is 0. The molecular formula is C18H13N7O. The number of aromatic nitrogens is 7. The highest BCUT2D eigenvalue weighted by molar-refractivity contribution is 5.89. The molecule has 0 aliphatic carbocycles. The molecule has 0 atom stereocenters. The Hall–Kier alpha value is -3.81. The normalized spacial score (nSPS) is 11.3. The van der Waals surface area contributed by atoms with Gasteiger partial charge in [0.05, 0.1) is 0 Å². The molecule has 0 unspecified atom stereocenters. The lowest BCUT2D eigenvalue weighted by Crippen LogP contribution is -1.97. The van der Waals surface area contributed by atoms with Crippen molar-refractivity contribution in [3.63, 3.8) is 0 Å². The number of aryl methyl sites for hydroxylation is 1. The van der Waals surface area contributed by atoms with Gasteiger partial charge in [0, 0.05) is 29.2 Å². The molecule has 0 bridgehead atoms. The van der Waals surface area contributed by atoms with Crippen molar-refractivity contribution in [3.05, 3.63) is 60.7 Å². The van der Waals surface area contributed by atoms with E-state index in [0.717, 1.165) is 28.5 Å². The van der Waals surface area contributed by atoms with Crippen LogP contribution in [0, 0.1) is 6.92 Å². The maximum Gasteiger partial charge on any atom is 0.181 e. The van der Waals surface area contributed by atoms with Crippen LogP contribution in [0.25, 0.3) is 39.5 Å². The Morgan fingerprint density at radius 3 is 2.88 bits per heavy atom. The van der Waals surface area contributed by atoms with Crippen LogP contribution in [0.4, 0.5) is 0 Å². The average molecular weight is 343 g/mol. The monoisotopic (exact) mass is 343 g/mol. The molecule has 8 nitrogen and oxygen atoms in total. The second-order valence-corrected chi connectivity index (χ2v) is 5.85. The largest absolute Gasteiger partial charge is 0.300 e. The van der Waals surface area contributed by atoms with Crippen LogP contribution >= 0.6 is 0 Å². The first kappa shape index (κ1) is 14.5. The highest BCUT2D eigenvalue weighted by Gasteiger charge is 2.15. The van der Waals surface area contributed by atoms with Gasteiger partial charge in [-0.1, -0.05) is 18.2 Å². The summed E-state index contributed by atoms with van der Waals surface area (Å²) in [6, 6.07) is 13.7. The van der Waals surface area contributed by atoms with Crippen molar-refractivity contribution >= 4 is 11.0 Å². The number of aromatic amines is 1. The molecule has 0 spiro atoms. The van der Waals surface area contributed by atoms with Gasteiger partial charge in [-0.25, -0.2) is 14.6 Å².